The molecule has 7 nitrogen and oxygen atoms in total. The Hall–Kier alpha value is -1.95. The summed E-state index contributed by atoms with van der Waals surface area (Å²) in [7, 11) is -3.39. The topological polar surface area (TPSA) is 90.5 Å². The van der Waals surface area contributed by atoms with Gasteiger partial charge in [0.05, 0.1) is 17.6 Å². The first-order chi connectivity index (χ1) is 14.2. The number of fused-ring (bicyclic) bond motifs is 1. The lowest BCUT2D eigenvalue weighted by atomic mass is 9.93. The Morgan fingerprint density at radius 3 is 2.50 bits per heavy atom. The lowest BCUT2D eigenvalue weighted by Crippen LogP contribution is -2.47. The zero-order chi connectivity index (χ0) is 21.2. The minimum Gasteiger partial charge on any atom is -0.370 e. The van der Waals surface area contributed by atoms with Crippen LogP contribution >= 0.6 is 0 Å². The molecule has 2 aromatic rings. The number of halogens is 3. The van der Waals surface area contributed by atoms with Crippen LogP contribution in [0.5, 0.6) is 0 Å². The van der Waals surface area contributed by atoms with Crippen molar-refractivity contribution >= 4 is 10.0 Å². The van der Waals surface area contributed by atoms with E-state index in [1.165, 1.54) is 0 Å². The van der Waals surface area contributed by atoms with Crippen LogP contribution < -0.4 is 5.73 Å². The molecule has 0 radical (unpaired) electrons. The van der Waals surface area contributed by atoms with E-state index in [1.54, 1.807) is 6.20 Å². The number of ether oxygens (including phenoxy) is 1. The molecule has 11 heteroatoms. The summed E-state index contributed by atoms with van der Waals surface area (Å²) in [4.78, 5) is 2.09. The second-order valence-corrected chi connectivity index (χ2v) is 10.3. The minimum absolute atomic E-state index is 0.0766. The minimum atomic E-state index is -3.39. The number of nitrogens with zero attached hydrogens (tertiary/aromatic N) is 3. The molecule has 2 fully saturated rings. The van der Waals surface area contributed by atoms with Crippen LogP contribution in [0.2, 0.25) is 0 Å². The second kappa shape index (κ2) is 7.04. The molecule has 1 aliphatic carbocycles. The van der Waals surface area contributed by atoms with Crippen molar-refractivity contribution in [3.8, 4) is 0 Å². The summed E-state index contributed by atoms with van der Waals surface area (Å²) in [6.07, 6.45) is 2.53. The Kier molecular flexibility index (Phi) is 4.69. The number of rotatable bonds is 4. The third kappa shape index (κ3) is 3.33. The predicted octanol–water partition coefficient (Wildman–Crippen LogP) is 1.81. The summed E-state index contributed by atoms with van der Waals surface area (Å²) >= 11 is 0. The Balaban J connectivity index is 1.26. The molecule has 1 saturated heterocycles. The largest absolute Gasteiger partial charge is 0.370 e. The van der Waals surface area contributed by atoms with Gasteiger partial charge in [-0.1, -0.05) is 0 Å². The zero-order valence-corrected chi connectivity index (χ0v) is 16.8. The lowest BCUT2D eigenvalue weighted by molar-refractivity contribution is -0.0533. The number of nitrogens with two attached hydrogens (primary N) is 1. The fourth-order valence-corrected chi connectivity index (χ4v) is 5.76. The fourth-order valence-electron chi connectivity index (χ4n) is 4.23. The molecule has 30 heavy (non-hydrogen) atoms. The van der Waals surface area contributed by atoms with Crippen LogP contribution in [0.3, 0.4) is 0 Å². The average Bonchev–Trinajstić information content (AvgIpc) is 3.36. The highest BCUT2D eigenvalue weighted by molar-refractivity contribution is 7.90. The zero-order valence-electron chi connectivity index (χ0n) is 16.0. The summed E-state index contributed by atoms with van der Waals surface area (Å²) in [6.45, 7) is 1.22. The van der Waals surface area contributed by atoms with Gasteiger partial charge in [-0.05, 0) is 25.3 Å². The third-order valence-corrected chi connectivity index (χ3v) is 8.08. The normalized spacial score (nSPS) is 27.4. The molecule has 5 rings (SSSR count). The molecular weight excluding hydrogens is 421 g/mol. The highest BCUT2D eigenvalue weighted by Gasteiger charge is 2.40. The molecule has 2 unspecified atom stereocenters. The predicted molar refractivity (Wildman–Crippen MR) is 100 cm³/mol. The first kappa shape index (κ1) is 20.0. The van der Waals surface area contributed by atoms with Crippen molar-refractivity contribution in [2.75, 3.05) is 6.61 Å². The van der Waals surface area contributed by atoms with Crippen LogP contribution in [-0.2, 0) is 27.8 Å². The summed E-state index contributed by atoms with van der Waals surface area (Å²) < 4.78 is 72.4. The van der Waals surface area contributed by atoms with Gasteiger partial charge < -0.3 is 10.5 Å². The van der Waals surface area contributed by atoms with Gasteiger partial charge in [-0.25, -0.2) is 21.6 Å². The van der Waals surface area contributed by atoms with Crippen molar-refractivity contribution in [2.45, 2.75) is 55.8 Å². The van der Waals surface area contributed by atoms with Crippen molar-refractivity contribution in [3.05, 3.63) is 52.6 Å². The van der Waals surface area contributed by atoms with Crippen LogP contribution in [-0.4, -0.2) is 46.4 Å². The van der Waals surface area contributed by atoms with Gasteiger partial charge in [-0.15, -0.1) is 0 Å². The van der Waals surface area contributed by atoms with Gasteiger partial charge >= 0.3 is 0 Å². The maximum Gasteiger partial charge on any atom is 0.256 e. The van der Waals surface area contributed by atoms with E-state index in [2.05, 4.69) is 10.00 Å². The Labute approximate surface area is 171 Å². The molecule has 2 N–H and O–H groups in total. The van der Waals surface area contributed by atoms with E-state index in [-0.39, 0.29) is 23.5 Å². The molecule has 0 amide bonds. The van der Waals surface area contributed by atoms with Gasteiger partial charge in [-0.3, -0.25) is 4.90 Å². The number of aromatic nitrogens is 2. The van der Waals surface area contributed by atoms with Crippen molar-refractivity contribution in [1.82, 2.24) is 14.1 Å². The monoisotopic (exact) mass is 442 g/mol. The SMILES string of the molecule is NC1CC(N2Cc3cn(S(=O)(=O)C4CC4)nc3C2)CO[C@H]1c1cc(F)c(F)cc1F. The summed E-state index contributed by atoms with van der Waals surface area (Å²) in [5.74, 6) is -3.29. The van der Waals surface area contributed by atoms with Gasteiger partial charge in [0.2, 0.25) is 0 Å². The van der Waals surface area contributed by atoms with Crippen LogP contribution in [0.15, 0.2) is 18.3 Å². The fraction of sp³-hybridized carbons (Fsp3) is 0.526. The number of hydrogen-bond donors (Lipinski definition) is 1. The van der Waals surface area contributed by atoms with Crippen LogP contribution in [0, 0.1) is 17.5 Å². The Morgan fingerprint density at radius 1 is 1.10 bits per heavy atom. The van der Waals surface area contributed by atoms with Crippen molar-refractivity contribution in [1.29, 1.82) is 0 Å². The van der Waals surface area contributed by atoms with Crippen LogP contribution in [0.1, 0.15) is 42.2 Å². The molecule has 3 heterocycles. The molecule has 0 spiro atoms. The maximum absolute atomic E-state index is 14.1. The van der Waals surface area contributed by atoms with Crippen LogP contribution in [0.4, 0.5) is 13.2 Å². The molecule has 1 saturated carbocycles. The second-order valence-electron chi connectivity index (χ2n) is 8.22. The quantitative estimate of drug-likeness (QED) is 0.727. The smallest absolute Gasteiger partial charge is 0.256 e. The Morgan fingerprint density at radius 2 is 1.83 bits per heavy atom. The van der Waals surface area contributed by atoms with Crippen molar-refractivity contribution in [3.63, 3.8) is 0 Å². The lowest BCUT2D eigenvalue weighted by Gasteiger charge is -2.38. The molecule has 3 atom stereocenters. The Bertz CT molecular complexity index is 1080. The first-order valence-electron chi connectivity index (χ1n) is 9.81. The standard InChI is InChI=1S/C19H21F3N4O3S/c20-14-5-16(22)15(21)4-13(14)19-17(23)3-11(9-29-19)25-6-10-7-26(24-18(10)8-25)30(27,28)12-1-2-12/h4-5,7,11-12,17,19H,1-3,6,8-9,23H2/t11?,17?,19-/m0/s1. The highest BCUT2D eigenvalue weighted by atomic mass is 32.2. The van der Waals surface area contributed by atoms with E-state index in [0.29, 0.717) is 44.1 Å². The van der Waals surface area contributed by atoms with Gasteiger partial charge in [0.15, 0.2) is 11.6 Å². The van der Waals surface area contributed by atoms with E-state index in [0.717, 1.165) is 15.7 Å². The molecule has 1 aromatic carbocycles. The summed E-state index contributed by atoms with van der Waals surface area (Å²) in [5.41, 5.74) is 7.66. The van der Waals surface area contributed by atoms with E-state index < -0.39 is 39.6 Å². The van der Waals surface area contributed by atoms with E-state index in [9.17, 15) is 21.6 Å². The number of benzene rings is 1. The van der Waals surface area contributed by atoms with Gasteiger partial charge in [0.1, 0.15) is 11.9 Å². The van der Waals surface area contributed by atoms with Gasteiger partial charge in [-0.2, -0.15) is 9.19 Å². The van der Waals surface area contributed by atoms with Crippen molar-refractivity contribution < 1.29 is 26.3 Å². The molecule has 162 valence electrons. The molecule has 3 aliphatic rings. The maximum atomic E-state index is 14.1. The van der Waals surface area contributed by atoms with Crippen LogP contribution in [0.25, 0.3) is 0 Å². The molecule has 2 aliphatic heterocycles. The van der Waals surface area contributed by atoms with E-state index in [1.807, 2.05) is 0 Å². The summed E-state index contributed by atoms with van der Waals surface area (Å²) in [5, 5.41) is 3.94. The third-order valence-electron chi connectivity index (χ3n) is 6.05. The van der Waals surface area contributed by atoms with E-state index >= 15 is 0 Å². The van der Waals surface area contributed by atoms with Crippen molar-refractivity contribution in [2.24, 2.45) is 5.73 Å². The molecular formula is C19H21F3N4O3S. The average molecular weight is 442 g/mol. The van der Waals surface area contributed by atoms with E-state index in [4.69, 9.17) is 10.5 Å². The molecule has 1 aromatic heterocycles. The summed E-state index contributed by atoms with van der Waals surface area (Å²) in [6, 6.07) is 0.614. The van der Waals surface area contributed by atoms with Gasteiger partial charge in [0.25, 0.3) is 10.0 Å². The number of hydrogen-bond acceptors (Lipinski definition) is 6. The first-order valence-corrected chi connectivity index (χ1v) is 11.3. The molecule has 0 bridgehead atoms. The van der Waals surface area contributed by atoms with Gasteiger partial charge in [0, 0.05) is 48.6 Å². The highest BCUT2D eigenvalue weighted by Crippen LogP contribution is 2.35.